The van der Waals surface area contributed by atoms with Gasteiger partial charge in [-0.3, -0.25) is 9.69 Å². The number of carbonyl (C=O) groups is 1. The quantitative estimate of drug-likeness (QED) is 0.835. The first-order valence-corrected chi connectivity index (χ1v) is 9.44. The molecule has 3 saturated heterocycles. The van der Waals surface area contributed by atoms with Gasteiger partial charge in [0.05, 0.1) is 4.75 Å². The van der Waals surface area contributed by atoms with Crippen LogP contribution in [0.4, 0.5) is 4.39 Å². The van der Waals surface area contributed by atoms with E-state index in [-0.39, 0.29) is 21.3 Å². The lowest BCUT2D eigenvalue weighted by Gasteiger charge is -2.47. The molecule has 1 unspecified atom stereocenters. The van der Waals surface area contributed by atoms with E-state index in [1.54, 1.807) is 5.38 Å². The minimum atomic E-state index is -0.375. The van der Waals surface area contributed by atoms with Gasteiger partial charge in [0.15, 0.2) is 0 Å². The molecule has 4 heterocycles. The molecule has 3 fully saturated rings. The average molecular weight is 326 g/mol. The molecule has 0 saturated carbocycles. The second-order valence-corrected chi connectivity index (χ2v) is 8.76. The lowest BCUT2D eigenvalue weighted by Crippen LogP contribution is -2.61. The fourth-order valence-corrected chi connectivity index (χ4v) is 6.18. The van der Waals surface area contributed by atoms with Crippen molar-refractivity contribution in [3.63, 3.8) is 0 Å². The van der Waals surface area contributed by atoms with Gasteiger partial charge in [-0.2, -0.15) is 0 Å². The molecule has 1 aromatic rings. The van der Waals surface area contributed by atoms with E-state index in [2.05, 4.69) is 4.90 Å². The molecule has 0 bridgehead atoms. The van der Waals surface area contributed by atoms with E-state index in [0.29, 0.717) is 6.04 Å². The summed E-state index contributed by atoms with van der Waals surface area (Å²) in [6, 6.07) is 2.06. The van der Waals surface area contributed by atoms with Crippen molar-refractivity contribution in [3.8, 4) is 0 Å². The predicted octanol–water partition coefficient (Wildman–Crippen LogP) is 2.68. The molecule has 0 radical (unpaired) electrons. The second kappa shape index (κ2) is 5.25. The number of hydrogen-bond donors (Lipinski definition) is 0. The van der Waals surface area contributed by atoms with Crippen LogP contribution in [0.25, 0.3) is 0 Å². The smallest absolute Gasteiger partial charge is 0.267 e. The molecule has 1 amide bonds. The number of thiophene rings is 1. The Morgan fingerprint density at radius 1 is 1.33 bits per heavy atom. The molecule has 0 N–H and O–H groups in total. The van der Waals surface area contributed by atoms with E-state index in [1.165, 1.54) is 55.5 Å². The molecule has 0 aliphatic carbocycles. The molecule has 3 nitrogen and oxygen atoms in total. The molecule has 1 spiro atoms. The highest BCUT2D eigenvalue weighted by atomic mass is 32.2. The highest BCUT2D eigenvalue weighted by Crippen LogP contribution is 2.47. The summed E-state index contributed by atoms with van der Waals surface area (Å²) in [5, 5.41) is 1.64. The maximum Gasteiger partial charge on any atom is 0.267 e. The van der Waals surface area contributed by atoms with Crippen molar-refractivity contribution < 1.29 is 9.18 Å². The van der Waals surface area contributed by atoms with Crippen LogP contribution < -0.4 is 0 Å². The Morgan fingerprint density at radius 3 is 2.76 bits per heavy atom. The standard InChI is InChI=1S/C15H19FN2OS2/c16-12-3-6-20-13(12)14(19)18-9-15(10-18)7-11(8-21-15)17-4-1-2-5-17/h3,6,11H,1-2,4-5,7-10H2. The number of halogens is 1. The number of likely N-dealkylation sites (tertiary alicyclic amines) is 2. The van der Waals surface area contributed by atoms with Crippen LogP contribution in [0.5, 0.6) is 0 Å². The van der Waals surface area contributed by atoms with Gasteiger partial charge in [0.25, 0.3) is 5.91 Å². The number of rotatable bonds is 2. The lowest BCUT2D eigenvalue weighted by atomic mass is 9.91. The van der Waals surface area contributed by atoms with Gasteiger partial charge in [-0.15, -0.1) is 23.1 Å². The number of thioether (sulfide) groups is 1. The summed E-state index contributed by atoms with van der Waals surface area (Å²) >= 11 is 3.23. The molecule has 3 aliphatic rings. The van der Waals surface area contributed by atoms with Gasteiger partial charge < -0.3 is 4.90 Å². The van der Waals surface area contributed by atoms with Crippen LogP contribution >= 0.6 is 23.1 Å². The zero-order valence-corrected chi connectivity index (χ0v) is 13.5. The molecule has 0 aromatic carbocycles. The maximum absolute atomic E-state index is 13.5. The Hall–Kier alpha value is -0.590. The van der Waals surface area contributed by atoms with Gasteiger partial charge in [0.2, 0.25) is 0 Å². The summed E-state index contributed by atoms with van der Waals surface area (Å²) in [5.41, 5.74) is 0. The van der Waals surface area contributed by atoms with Crippen LogP contribution in [0.1, 0.15) is 28.9 Å². The third-order valence-corrected chi connectivity index (χ3v) is 7.37. The lowest BCUT2D eigenvalue weighted by molar-refractivity contribution is 0.0533. The van der Waals surface area contributed by atoms with Crippen molar-refractivity contribution in [2.75, 3.05) is 31.9 Å². The van der Waals surface area contributed by atoms with Crippen molar-refractivity contribution in [2.24, 2.45) is 0 Å². The SMILES string of the molecule is O=C(c1sccc1F)N1CC2(CC(N3CCCC3)CS2)C1. The Balaban J connectivity index is 1.37. The van der Waals surface area contributed by atoms with Crippen molar-refractivity contribution in [2.45, 2.75) is 30.1 Å². The van der Waals surface area contributed by atoms with E-state index >= 15 is 0 Å². The van der Waals surface area contributed by atoms with Crippen LogP contribution in [0, 0.1) is 5.82 Å². The molecule has 4 rings (SSSR count). The summed E-state index contributed by atoms with van der Waals surface area (Å²) < 4.78 is 13.8. The molecular formula is C15H19FN2OS2. The largest absolute Gasteiger partial charge is 0.335 e. The molecule has 1 atom stereocenters. The first-order valence-electron chi connectivity index (χ1n) is 7.57. The van der Waals surface area contributed by atoms with Crippen LogP contribution in [0.15, 0.2) is 11.4 Å². The number of hydrogen-bond acceptors (Lipinski definition) is 4. The van der Waals surface area contributed by atoms with Crippen LogP contribution in [-0.4, -0.2) is 58.4 Å². The highest BCUT2D eigenvalue weighted by molar-refractivity contribution is 8.01. The van der Waals surface area contributed by atoms with Gasteiger partial charge in [-0.25, -0.2) is 4.39 Å². The Labute approximate surface area is 132 Å². The summed E-state index contributed by atoms with van der Waals surface area (Å²) in [7, 11) is 0. The van der Waals surface area contributed by atoms with Gasteiger partial charge in [-0.05, 0) is 43.8 Å². The zero-order chi connectivity index (χ0) is 14.4. The number of carbonyl (C=O) groups excluding carboxylic acids is 1. The first kappa shape index (κ1) is 14.0. The normalized spacial score (nSPS) is 28.2. The maximum atomic E-state index is 13.5. The summed E-state index contributed by atoms with van der Waals surface area (Å²) in [6.45, 7) is 4.06. The Morgan fingerprint density at radius 2 is 2.10 bits per heavy atom. The van der Waals surface area contributed by atoms with Gasteiger partial charge in [0, 0.05) is 24.9 Å². The first-order chi connectivity index (χ1) is 10.2. The molecule has 6 heteroatoms. The molecule has 1 aromatic heterocycles. The third kappa shape index (κ3) is 2.41. The average Bonchev–Trinajstić information content (AvgIpc) is 3.15. The van der Waals surface area contributed by atoms with Gasteiger partial charge >= 0.3 is 0 Å². The Kier molecular flexibility index (Phi) is 3.51. The number of amides is 1. The number of nitrogens with zero attached hydrogens (tertiary/aromatic N) is 2. The molecular weight excluding hydrogens is 307 g/mol. The highest BCUT2D eigenvalue weighted by Gasteiger charge is 2.52. The van der Waals surface area contributed by atoms with Gasteiger partial charge in [0.1, 0.15) is 10.7 Å². The van der Waals surface area contributed by atoms with E-state index in [1.807, 2.05) is 16.7 Å². The van der Waals surface area contributed by atoms with E-state index in [4.69, 9.17) is 0 Å². The van der Waals surface area contributed by atoms with Crippen molar-refractivity contribution >= 4 is 29.0 Å². The van der Waals surface area contributed by atoms with Crippen molar-refractivity contribution in [1.82, 2.24) is 9.80 Å². The fourth-order valence-electron chi connectivity index (χ4n) is 3.76. The van der Waals surface area contributed by atoms with Crippen molar-refractivity contribution in [3.05, 3.63) is 22.1 Å². The van der Waals surface area contributed by atoms with Gasteiger partial charge in [-0.1, -0.05) is 0 Å². The molecule has 3 aliphatic heterocycles. The fraction of sp³-hybridized carbons (Fsp3) is 0.667. The van der Waals surface area contributed by atoms with E-state index in [0.717, 1.165) is 13.1 Å². The zero-order valence-electron chi connectivity index (χ0n) is 11.9. The third-order valence-electron chi connectivity index (χ3n) is 4.90. The summed E-state index contributed by atoms with van der Waals surface area (Å²) in [4.78, 5) is 17.0. The van der Waals surface area contributed by atoms with Crippen LogP contribution in [-0.2, 0) is 0 Å². The molecule has 21 heavy (non-hydrogen) atoms. The predicted molar refractivity (Wildman–Crippen MR) is 84.6 cm³/mol. The monoisotopic (exact) mass is 326 g/mol. The Bertz CT molecular complexity index is 550. The summed E-state index contributed by atoms with van der Waals surface area (Å²) in [6.07, 6.45) is 3.85. The van der Waals surface area contributed by atoms with Crippen molar-refractivity contribution in [1.29, 1.82) is 0 Å². The van der Waals surface area contributed by atoms with Crippen LogP contribution in [0.2, 0.25) is 0 Å². The van der Waals surface area contributed by atoms with E-state index in [9.17, 15) is 9.18 Å². The second-order valence-electron chi connectivity index (χ2n) is 6.35. The van der Waals surface area contributed by atoms with Crippen LogP contribution in [0.3, 0.4) is 0 Å². The minimum absolute atomic E-state index is 0.127. The topological polar surface area (TPSA) is 23.6 Å². The minimum Gasteiger partial charge on any atom is -0.335 e. The summed E-state index contributed by atoms with van der Waals surface area (Å²) in [5.74, 6) is 0.688. The van der Waals surface area contributed by atoms with E-state index < -0.39 is 0 Å². The molecule has 114 valence electrons.